The Morgan fingerprint density at radius 2 is 1.79 bits per heavy atom. The second kappa shape index (κ2) is 9.75. The van der Waals surface area contributed by atoms with Gasteiger partial charge in [0.15, 0.2) is 0 Å². The summed E-state index contributed by atoms with van der Waals surface area (Å²) < 4.78 is 6.61. The first kappa shape index (κ1) is 24.3. The van der Waals surface area contributed by atoms with Crippen molar-refractivity contribution in [2.75, 3.05) is 13.1 Å². The molecule has 1 aliphatic carbocycles. The summed E-state index contributed by atoms with van der Waals surface area (Å²) in [6, 6.07) is 16.0. The summed E-state index contributed by atoms with van der Waals surface area (Å²) in [5.74, 6) is 0.463. The maximum absolute atomic E-state index is 13.1. The SMILES string of the molecule is O=C1CCC(N2Cc3cc(O[C@H]4CCCC[C@H]4N4CC(c5ccnc6ccccc56)C4)ccc3C2=O)C(=O)N1. The monoisotopic (exact) mass is 524 g/mol. The fourth-order valence-corrected chi connectivity index (χ4v) is 6.89. The number of fused-ring (bicyclic) bond motifs is 2. The van der Waals surface area contributed by atoms with Crippen LogP contribution in [0.25, 0.3) is 10.9 Å². The molecule has 1 unspecified atom stereocenters. The minimum Gasteiger partial charge on any atom is -0.489 e. The van der Waals surface area contributed by atoms with Gasteiger partial charge in [0.1, 0.15) is 17.9 Å². The minimum atomic E-state index is -0.605. The Morgan fingerprint density at radius 1 is 0.949 bits per heavy atom. The molecule has 2 aromatic carbocycles. The van der Waals surface area contributed by atoms with Crippen LogP contribution >= 0.6 is 0 Å². The number of nitrogens with one attached hydrogen (secondary N) is 1. The predicted molar refractivity (Wildman–Crippen MR) is 145 cm³/mol. The van der Waals surface area contributed by atoms with Gasteiger partial charge in [0.25, 0.3) is 5.91 Å². The molecule has 4 heterocycles. The Hall–Kier alpha value is -3.78. The number of rotatable bonds is 5. The van der Waals surface area contributed by atoms with Gasteiger partial charge < -0.3 is 9.64 Å². The Kier molecular flexibility index (Phi) is 6.07. The topological polar surface area (TPSA) is 91.8 Å². The van der Waals surface area contributed by atoms with Gasteiger partial charge in [-0.05, 0) is 67.1 Å². The zero-order valence-electron chi connectivity index (χ0n) is 21.8. The van der Waals surface area contributed by atoms with Crippen molar-refractivity contribution in [1.29, 1.82) is 0 Å². The molecule has 200 valence electrons. The number of likely N-dealkylation sites (tertiary alicyclic amines) is 1. The van der Waals surface area contributed by atoms with Crippen LogP contribution in [-0.4, -0.2) is 63.8 Å². The Bertz CT molecular complexity index is 1460. The molecule has 3 aliphatic heterocycles. The van der Waals surface area contributed by atoms with Crippen molar-refractivity contribution < 1.29 is 19.1 Å². The van der Waals surface area contributed by atoms with Gasteiger partial charge in [0.2, 0.25) is 11.8 Å². The van der Waals surface area contributed by atoms with Gasteiger partial charge in [-0.25, -0.2) is 0 Å². The first-order valence-corrected chi connectivity index (χ1v) is 14.1. The molecule has 4 aliphatic rings. The van der Waals surface area contributed by atoms with Crippen molar-refractivity contribution in [3.8, 4) is 5.75 Å². The molecule has 3 amide bonds. The van der Waals surface area contributed by atoms with Crippen LogP contribution in [0.4, 0.5) is 0 Å². The standard InChI is InChI=1S/C31H32N4O4/c36-29-12-11-27(30(37)33-29)35-18-19-15-21(9-10-23(19)31(35)38)39-28-8-4-3-7-26(28)34-16-20(17-34)22-13-14-32-25-6-2-1-5-24(22)25/h1-2,5-6,9-10,13-15,20,26-28H,3-4,7-8,11-12,16-18H2,(H,33,36,37)/t26-,27?,28+/m1/s1. The Balaban J connectivity index is 1.03. The van der Waals surface area contributed by atoms with E-state index in [0.717, 1.165) is 49.2 Å². The number of carbonyl (C=O) groups excluding carboxylic acids is 3. The van der Waals surface area contributed by atoms with E-state index in [2.05, 4.69) is 39.5 Å². The van der Waals surface area contributed by atoms with E-state index in [-0.39, 0.29) is 30.2 Å². The molecule has 39 heavy (non-hydrogen) atoms. The number of nitrogens with zero attached hydrogens (tertiary/aromatic N) is 3. The van der Waals surface area contributed by atoms with E-state index < -0.39 is 6.04 Å². The average Bonchev–Trinajstić information content (AvgIpc) is 3.24. The molecular weight excluding hydrogens is 492 g/mol. The van der Waals surface area contributed by atoms with Gasteiger partial charge in [-0.1, -0.05) is 24.6 Å². The number of carbonyl (C=O) groups is 3. The summed E-state index contributed by atoms with van der Waals surface area (Å²) in [6.07, 6.45) is 7.15. The van der Waals surface area contributed by atoms with Crippen molar-refractivity contribution >= 4 is 28.6 Å². The van der Waals surface area contributed by atoms with Crippen LogP contribution in [0.3, 0.4) is 0 Å². The summed E-state index contributed by atoms with van der Waals surface area (Å²) in [5, 5.41) is 3.61. The van der Waals surface area contributed by atoms with Crippen LogP contribution in [0, 0.1) is 0 Å². The first-order chi connectivity index (χ1) is 19.0. The molecule has 3 atom stereocenters. The summed E-state index contributed by atoms with van der Waals surface area (Å²) in [4.78, 5) is 45.7. The van der Waals surface area contributed by atoms with Crippen LogP contribution in [0.2, 0.25) is 0 Å². The van der Waals surface area contributed by atoms with Gasteiger partial charge >= 0.3 is 0 Å². The predicted octanol–water partition coefficient (Wildman–Crippen LogP) is 3.79. The molecule has 1 saturated carbocycles. The highest BCUT2D eigenvalue weighted by Gasteiger charge is 2.41. The summed E-state index contributed by atoms with van der Waals surface area (Å²) in [6.45, 7) is 2.41. The molecular formula is C31H32N4O4. The van der Waals surface area contributed by atoms with Gasteiger partial charge in [-0.2, -0.15) is 0 Å². The number of piperidine rings is 1. The third-order valence-electron chi connectivity index (χ3n) is 8.95. The molecule has 0 bridgehead atoms. The van der Waals surface area contributed by atoms with E-state index >= 15 is 0 Å². The van der Waals surface area contributed by atoms with Crippen molar-refractivity contribution in [3.05, 3.63) is 71.4 Å². The lowest BCUT2D eigenvalue weighted by atomic mass is 9.83. The second-order valence-electron chi connectivity index (χ2n) is 11.3. The zero-order chi connectivity index (χ0) is 26.5. The number of benzene rings is 2. The highest BCUT2D eigenvalue weighted by atomic mass is 16.5. The number of ether oxygens (including phenoxy) is 1. The van der Waals surface area contributed by atoms with Crippen molar-refractivity contribution in [2.24, 2.45) is 0 Å². The summed E-state index contributed by atoms with van der Waals surface area (Å²) in [5.41, 5.74) is 3.93. The molecule has 2 saturated heterocycles. The normalized spacial score (nSPS) is 25.9. The fourth-order valence-electron chi connectivity index (χ4n) is 6.89. The highest BCUT2D eigenvalue weighted by molar-refractivity contribution is 6.05. The van der Waals surface area contributed by atoms with E-state index in [1.54, 1.807) is 4.90 Å². The van der Waals surface area contributed by atoms with Crippen LogP contribution in [0.5, 0.6) is 5.75 Å². The maximum atomic E-state index is 13.1. The van der Waals surface area contributed by atoms with E-state index in [4.69, 9.17) is 4.74 Å². The molecule has 8 heteroatoms. The fraction of sp³-hybridized carbons (Fsp3) is 0.419. The number of imide groups is 1. The molecule has 8 nitrogen and oxygen atoms in total. The Labute approximate surface area is 227 Å². The third-order valence-corrected chi connectivity index (χ3v) is 8.95. The van der Waals surface area contributed by atoms with E-state index in [1.807, 2.05) is 30.5 Å². The molecule has 7 rings (SSSR count). The number of hydrogen-bond donors (Lipinski definition) is 1. The molecule has 1 N–H and O–H groups in total. The van der Waals surface area contributed by atoms with E-state index in [9.17, 15) is 14.4 Å². The number of pyridine rings is 1. The quantitative estimate of drug-likeness (QED) is 0.511. The molecule has 0 spiro atoms. The van der Waals surface area contributed by atoms with Gasteiger partial charge in [0.05, 0.1) is 5.52 Å². The van der Waals surface area contributed by atoms with Crippen LogP contribution < -0.4 is 10.1 Å². The molecule has 1 aromatic heterocycles. The van der Waals surface area contributed by atoms with Crippen molar-refractivity contribution in [3.63, 3.8) is 0 Å². The van der Waals surface area contributed by atoms with Gasteiger partial charge in [-0.15, -0.1) is 0 Å². The van der Waals surface area contributed by atoms with Crippen molar-refractivity contribution in [2.45, 2.75) is 69.2 Å². The lowest BCUT2D eigenvalue weighted by Crippen LogP contribution is -2.57. The maximum Gasteiger partial charge on any atom is 0.255 e. The van der Waals surface area contributed by atoms with Crippen LogP contribution in [0.1, 0.15) is 65.9 Å². The molecule has 0 radical (unpaired) electrons. The largest absolute Gasteiger partial charge is 0.489 e. The lowest BCUT2D eigenvalue weighted by molar-refractivity contribution is -0.136. The first-order valence-electron chi connectivity index (χ1n) is 14.1. The van der Waals surface area contributed by atoms with Gasteiger partial charge in [-0.3, -0.25) is 29.6 Å². The highest BCUT2D eigenvalue weighted by Crippen LogP contribution is 2.38. The number of aromatic nitrogens is 1. The zero-order valence-corrected chi connectivity index (χ0v) is 21.8. The van der Waals surface area contributed by atoms with Crippen LogP contribution in [0.15, 0.2) is 54.7 Å². The Morgan fingerprint density at radius 3 is 2.67 bits per heavy atom. The average molecular weight is 525 g/mol. The number of amides is 3. The van der Waals surface area contributed by atoms with Gasteiger partial charge in [0, 0.05) is 55.2 Å². The number of para-hydroxylation sites is 1. The van der Waals surface area contributed by atoms with E-state index in [1.165, 1.54) is 17.4 Å². The number of hydrogen-bond acceptors (Lipinski definition) is 6. The van der Waals surface area contributed by atoms with Crippen molar-refractivity contribution in [1.82, 2.24) is 20.1 Å². The molecule has 3 aromatic rings. The smallest absolute Gasteiger partial charge is 0.255 e. The third kappa shape index (κ3) is 4.36. The molecule has 3 fully saturated rings. The lowest BCUT2D eigenvalue weighted by Gasteiger charge is -2.48. The second-order valence-corrected chi connectivity index (χ2v) is 11.3. The van der Waals surface area contributed by atoms with Crippen LogP contribution in [-0.2, 0) is 16.1 Å². The van der Waals surface area contributed by atoms with E-state index in [0.29, 0.717) is 30.5 Å². The summed E-state index contributed by atoms with van der Waals surface area (Å²) in [7, 11) is 0. The minimum absolute atomic E-state index is 0.107. The summed E-state index contributed by atoms with van der Waals surface area (Å²) >= 11 is 0.